The largest absolute Gasteiger partial charge is 0.467 e. The first kappa shape index (κ1) is 14.1. The summed E-state index contributed by atoms with van der Waals surface area (Å²) in [4.78, 5) is 16.4. The van der Waals surface area contributed by atoms with Gasteiger partial charge in [-0.1, -0.05) is 0 Å². The summed E-state index contributed by atoms with van der Waals surface area (Å²) in [6, 6.07) is 3.75. The molecule has 1 fully saturated rings. The van der Waals surface area contributed by atoms with Crippen molar-refractivity contribution < 1.29 is 13.9 Å². The van der Waals surface area contributed by atoms with Crippen LogP contribution in [0.3, 0.4) is 0 Å². The number of hydrogen-bond donors (Lipinski definition) is 0. The Morgan fingerprint density at radius 3 is 2.84 bits per heavy atom. The lowest BCUT2D eigenvalue weighted by Gasteiger charge is -2.25. The maximum absolute atomic E-state index is 12.5. The van der Waals surface area contributed by atoms with E-state index in [1.165, 1.54) is 0 Å². The van der Waals surface area contributed by atoms with Crippen LogP contribution in [-0.2, 0) is 16.1 Å². The highest BCUT2D eigenvalue weighted by Crippen LogP contribution is 2.17. The molecule has 0 saturated carbocycles. The molecule has 0 N–H and O–H groups in total. The minimum Gasteiger partial charge on any atom is -0.467 e. The van der Waals surface area contributed by atoms with E-state index in [1.807, 2.05) is 31.1 Å². The van der Waals surface area contributed by atoms with Crippen LogP contribution in [0.5, 0.6) is 0 Å². The van der Waals surface area contributed by atoms with E-state index in [0.717, 1.165) is 18.7 Å². The molecule has 2 heterocycles. The van der Waals surface area contributed by atoms with Crippen molar-refractivity contribution in [2.75, 3.05) is 40.4 Å². The molecule has 0 bridgehead atoms. The first-order valence-corrected chi connectivity index (χ1v) is 6.70. The standard InChI is InChI=1S/C14H22N2O3/c1-15(2)6-7-16(10-13-4-3-8-19-13)14(17)12-5-9-18-11-12/h3-4,8,12H,5-7,9-11H2,1-2H3. The lowest BCUT2D eigenvalue weighted by molar-refractivity contribution is -0.136. The summed E-state index contributed by atoms with van der Waals surface area (Å²) >= 11 is 0. The monoisotopic (exact) mass is 266 g/mol. The topological polar surface area (TPSA) is 45.9 Å². The Hall–Kier alpha value is -1.33. The summed E-state index contributed by atoms with van der Waals surface area (Å²) in [5, 5.41) is 0. The maximum Gasteiger partial charge on any atom is 0.228 e. The fraction of sp³-hybridized carbons (Fsp3) is 0.643. The number of carbonyl (C=O) groups excluding carboxylic acids is 1. The van der Waals surface area contributed by atoms with E-state index in [0.29, 0.717) is 26.3 Å². The minimum atomic E-state index is 0.0112. The van der Waals surface area contributed by atoms with E-state index in [1.54, 1.807) is 6.26 Å². The molecular formula is C14H22N2O3. The van der Waals surface area contributed by atoms with E-state index in [4.69, 9.17) is 9.15 Å². The third-order valence-corrected chi connectivity index (χ3v) is 3.33. The van der Waals surface area contributed by atoms with Crippen LogP contribution < -0.4 is 0 Å². The van der Waals surface area contributed by atoms with Gasteiger partial charge in [-0.15, -0.1) is 0 Å². The second-order valence-corrected chi connectivity index (χ2v) is 5.20. The molecule has 2 rings (SSSR count). The van der Waals surface area contributed by atoms with Crippen LogP contribution in [0.2, 0.25) is 0 Å². The number of rotatable bonds is 6. The summed E-state index contributed by atoms with van der Waals surface area (Å²) in [6.07, 6.45) is 2.47. The van der Waals surface area contributed by atoms with Gasteiger partial charge in [-0.2, -0.15) is 0 Å². The molecule has 5 heteroatoms. The Morgan fingerprint density at radius 1 is 1.42 bits per heavy atom. The molecule has 0 radical (unpaired) electrons. The minimum absolute atomic E-state index is 0.0112. The van der Waals surface area contributed by atoms with Gasteiger partial charge >= 0.3 is 0 Å². The zero-order chi connectivity index (χ0) is 13.7. The summed E-state index contributed by atoms with van der Waals surface area (Å²) in [5.74, 6) is 1.01. The number of ether oxygens (including phenoxy) is 1. The Bertz CT molecular complexity index is 383. The lowest BCUT2D eigenvalue weighted by atomic mass is 10.1. The number of amides is 1. The third-order valence-electron chi connectivity index (χ3n) is 3.33. The van der Waals surface area contributed by atoms with Gasteiger partial charge in [0.2, 0.25) is 5.91 Å². The van der Waals surface area contributed by atoms with Crippen LogP contribution >= 0.6 is 0 Å². The quantitative estimate of drug-likeness (QED) is 0.776. The Morgan fingerprint density at radius 2 is 2.26 bits per heavy atom. The van der Waals surface area contributed by atoms with Crippen molar-refractivity contribution in [3.63, 3.8) is 0 Å². The van der Waals surface area contributed by atoms with Crippen LogP contribution in [0.15, 0.2) is 22.8 Å². The van der Waals surface area contributed by atoms with Gasteiger partial charge < -0.3 is 19.0 Å². The van der Waals surface area contributed by atoms with Crippen molar-refractivity contribution in [1.29, 1.82) is 0 Å². The highest BCUT2D eigenvalue weighted by molar-refractivity contribution is 5.79. The molecule has 1 aliphatic heterocycles. The first-order valence-electron chi connectivity index (χ1n) is 6.70. The molecule has 1 amide bonds. The predicted molar refractivity (Wildman–Crippen MR) is 71.6 cm³/mol. The van der Waals surface area contributed by atoms with Gasteiger partial charge in [0.1, 0.15) is 5.76 Å². The Balaban J connectivity index is 1.97. The van der Waals surface area contributed by atoms with Gasteiger partial charge in [-0.3, -0.25) is 4.79 Å². The van der Waals surface area contributed by atoms with Crippen molar-refractivity contribution in [3.05, 3.63) is 24.2 Å². The van der Waals surface area contributed by atoms with Crippen LogP contribution in [0.25, 0.3) is 0 Å². The molecule has 1 saturated heterocycles. The number of hydrogen-bond acceptors (Lipinski definition) is 4. The third kappa shape index (κ3) is 4.08. The van der Waals surface area contributed by atoms with E-state index in [2.05, 4.69) is 4.90 Å². The molecule has 106 valence electrons. The van der Waals surface area contributed by atoms with Gasteiger partial charge in [-0.25, -0.2) is 0 Å². The molecule has 1 atom stereocenters. The SMILES string of the molecule is CN(C)CCN(Cc1ccco1)C(=O)C1CCOC1. The van der Waals surface area contributed by atoms with Gasteiger partial charge in [0.05, 0.1) is 25.3 Å². The Kier molecular flexibility index (Phi) is 4.99. The smallest absolute Gasteiger partial charge is 0.228 e. The van der Waals surface area contributed by atoms with E-state index in [9.17, 15) is 4.79 Å². The molecule has 0 aliphatic carbocycles. The van der Waals surface area contributed by atoms with Crippen molar-refractivity contribution in [2.24, 2.45) is 5.92 Å². The van der Waals surface area contributed by atoms with Gasteiger partial charge in [-0.05, 0) is 32.6 Å². The summed E-state index contributed by atoms with van der Waals surface area (Å²) < 4.78 is 10.7. The molecular weight excluding hydrogens is 244 g/mol. The normalized spacial score (nSPS) is 19.0. The molecule has 19 heavy (non-hydrogen) atoms. The molecule has 1 aliphatic rings. The molecule has 1 aromatic heterocycles. The first-order chi connectivity index (χ1) is 9.16. The second-order valence-electron chi connectivity index (χ2n) is 5.20. The van der Waals surface area contributed by atoms with Crippen molar-refractivity contribution in [3.8, 4) is 0 Å². The lowest BCUT2D eigenvalue weighted by Crippen LogP contribution is -2.40. The maximum atomic E-state index is 12.5. The van der Waals surface area contributed by atoms with Crippen LogP contribution in [-0.4, -0.2) is 56.1 Å². The molecule has 0 spiro atoms. The molecule has 1 unspecified atom stereocenters. The molecule has 0 aromatic carbocycles. The number of carbonyl (C=O) groups is 1. The second kappa shape index (κ2) is 6.73. The van der Waals surface area contributed by atoms with Crippen LogP contribution in [0.4, 0.5) is 0 Å². The highest BCUT2D eigenvalue weighted by Gasteiger charge is 2.28. The average Bonchev–Trinajstić information content (AvgIpc) is 3.06. The van der Waals surface area contributed by atoms with Crippen LogP contribution in [0, 0.1) is 5.92 Å². The summed E-state index contributed by atoms with van der Waals surface area (Å²) in [5.41, 5.74) is 0. The van der Waals surface area contributed by atoms with Gasteiger partial charge in [0.25, 0.3) is 0 Å². The predicted octanol–water partition coefficient (Wildman–Crippen LogP) is 1.21. The zero-order valence-corrected chi connectivity index (χ0v) is 11.7. The van der Waals surface area contributed by atoms with E-state index in [-0.39, 0.29) is 11.8 Å². The van der Waals surface area contributed by atoms with E-state index < -0.39 is 0 Å². The number of furan rings is 1. The summed E-state index contributed by atoms with van der Waals surface area (Å²) in [6.45, 7) is 3.34. The van der Waals surface area contributed by atoms with Crippen molar-refractivity contribution in [2.45, 2.75) is 13.0 Å². The van der Waals surface area contributed by atoms with Crippen molar-refractivity contribution >= 4 is 5.91 Å². The average molecular weight is 266 g/mol. The van der Waals surface area contributed by atoms with Crippen LogP contribution in [0.1, 0.15) is 12.2 Å². The van der Waals surface area contributed by atoms with Crippen molar-refractivity contribution in [1.82, 2.24) is 9.80 Å². The fourth-order valence-corrected chi connectivity index (χ4v) is 2.17. The highest BCUT2D eigenvalue weighted by atomic mass is 16.5. The summed E-state index contributed by atoms with van der Waals surface area (Å²) in [7, 11) is 4.02. The molecule has 1 aromatic rings. The van der Waals surface area contributed by atoms with Gasteiger partial charge in [0, 0.05) is 19.7 Å². The zero-order valence-electron chi connectivity index (χ0n) is 11.7. The number of likely N-dealkylation sites (N-methyl/N-ethyl adjacent to an activating group) is 1. The van der Waals surface area contributed by atoms with E-state index >= 15 is 0 Å². The van der Waals surface area contributed by atoms with Gasteiger partial charge in [0.15, 0.2) is 0 Å². The fourth-order valence-electron chi connectivity index (χ4n) is 2.17. The Labute approximate surface area is 114 Å². The molecule has 5 nitrogen and oxygen atoms in total. The number of nitrogens with zero attached hydrogens (tertiary/aromatic N) is 2.